The van der Waals surface area contributed by atoms with Crippen molar-refractivity contribution in [1.29, 1.82) is 0 Å². The summed E-state index contributed by atoms with van der Waals surface area (Å²) in [6.45, 7) is 0.365. The Labute approximate surface area is 174 Å². The number of halogens is 1. The molecule has 0 aliphatic carbocycles. The van der Waals surface area contributed by atoms with E-state index in [4.69, 9.17) is 16.3 Å². The minimum Gasteiger partial charge on any atom is -0.503 e. The van der Waals surface area contributed by atoms with Gasteiger partial charge in [0.2, 0.25) is 0 Å². The van der Waals surface area contributed by atoms with E-state index in [1.165, 1.54) is 0 Å². The second-order valence-corrected chi connectivity index (χ2v) is 7.30. The van der Waals surface area contributed by atoms with Crippen molar-refractivity contribution in [3.8, 4) is 5.75 Å². The monoisotopic (exact) mass is 405 g/mol. The number of hydrogen-bond donors (Lipinski definition) is 1. The predicted molar refractivity (Wildman–Crippen MR) is 114 cm³/mol. The lowest BCUT2D eigenvalue weighted by atomic mass is 9.93. The van der Waals surface area contributed by atoms with Gasteiger partial charge in [0.1, 0.15) is 5.75 Å². The summed E-state index contributed by atoms with van der Waals surface area (Å²) in [5, 5.41) is 11.4. The molecule has 0 unspecified atom stereocenters. The first kappa shape index (κ1) is 19.1. The van der Waals surface area contributed by atoms with Crippen molar-refractivity contribution in [2.75, 3.05) is 7.11 Å². The van der Waals surface area contributed by atoms with E-state index in [1.54, 1.807) is 24.1 Å². The summed E-state index contributed by atoms with van der Waals surface area (Å²) in [5.74, 6) is 0.137. The number of aliphatic hydroxyl groups is 1. The van der Waals surface area contributed by atoms with Crippen LogP contribution in [0.5, 0.6) is 5.75 Å². The van der Waals surface area contributed by atoms with Gasteiger partial charge in [-0.15, -0.1) is 0 Å². The Morgan fingerprint density at radius 1 is 0.966 bits per heavy atom. The standard InChI is InChI=1S/C24H20ClNO3/c1-29-20-13-7-16(8-14-20)15-26-22(18-5-3-2-4-6-18)21(23(27)24(26)28)17-9-11-19(25)12-10-17/h2-14,22,27H,15H2,1H3/t22-/m0/s1. The molecule has 0 spiro atoms. The second-order valence-electron chi connectivity index (χ2n) is 6.86. The molecule has 0 saturated heterocycles. The summed E-state index contributed by atoms with van der Waals surface area (Å²) in [7, 11) is 1.62. The van der Waals surface area contributed by atoms with Crippen molar-refractivity contribution in [1.82, 2.24) is 4.90 Å². The number of benzene rings is 3. The number of carbonyl (C=O) groups is 1. The maximum absolute atomic E-state index is 13.0. The zero-order valence-corrected chi connectivity index (χ0v) is 16.6. The average Bonchev–Trinajstić information content (AvgIpc) is 3.00. The van der Waals surface area contributed by atoms with Gasteiger partial charge in [-0.25, -0.2) is 0 Å². The lowest BCUT2D eigenvalue weighted by Gasteiger charge is -2.27. The van der Waals surface area contributed by atoms with Gasteiger partial charge in [-0.1, -0.05) is 66.2 Å². The number of nitrogens with zero attached hydrogens (tertiary/aromatic N) is 1. The third kappa shape index (κ3) is 3.71. The van der Waals surface area contributed by atoms with Gasteiger partial charge in [0.25, 0.3) is 5.91 Å². The summed E-state index contributed by atoms with van der Waals surface area (Å²) in [6.07, 6.45) is 0. The zero-order valence-electron chi connectivity index (χ0n) is 15.9. The van der Waals surface area contributed by atoms with Gasteiger partial charge in [0.15, 0.2) is 5.76 Å². The Balaban J connectivity index is 1.76. The summed E-state index contributed by atoms with van der Waals surface area (Å²) in [4.78, 5) is 14.7. The molecule has 4 nitrogen and oxygen atoms in total. The molecule has 146 valence electrons. The molecule has 3 aromatic carbocycles. The van der Waals surface area contributed by atoms with Crippen molar-refractivity contribution in [2.24, 2.45) is 0 Å². The van der Waals surface area contributed by atoms with E-state index < -0.39 is 6.04 Å². The molecule has 1 amide bonds. The molecule has 5 heteroatoms. The third-order valence-electron chi connectivity index (χ3n) is 5.09. The highest BCUT2D eigenvalue weighted by Crippen LogP contribution is 2.43. The molecule has 29 heavy (non-hydrogen) atoms. The molecule has 1 atom stereocenters. The smallest absolute Gasteiger partial charge is 0.290 e. The fraction of sp³-hybridized carbons (Fsp3) is 0.125. The average molecular weight is 406 g/mol. The van der Waals surface area contributed by atoms with Gasteiger partial charge in [-0.3, -0.25) is 4.79 Å². The third-order valence-corrected chi connectivity index (χ3v) is 5.34. The molecular weight excluding hydrogens is 386 g/mol. The van der Waals surface area contributed by atoms with Crippen LogP contribution in [0.3, 0.4) is 0 Å². The summed E-state index contributed by atoms with van der Waals surface area (Å²) in [6, 6.07) is 24.1. The van der Waals surface area contributed by atoms with Crippen molar-refractivity contribution in [3.05, 3.63) is 106 Å². The van der Waals surface area contributed by atoms with Gasteiger partial charge >= 0.3 is 0 Å². The maximum Gasteiger partial charge on any atom is 0.290 e. The number of ether oxygens (including phenoxy) is 1. The van der Waals surface area contributed by atoms with Crippen LogP contribution in [0, 0.1) is 0 Å². The van der Waals surface area contributed by atoms with Crippen LogP contribution in [-0.4, -0.2) is 23.0 Å². The minimum absolute atomic E-state index is 0.227. The van der Waals surface area contributed by atoms with Crippen LogP contribution in [0.4, 0.5) is 0 Å². The SMILES string of the molecule is COc1ccc(CN2C(=O)C(O)=C(c3ccc(Cl)cc3)[C@@H]2c2ccccc2)cc1. The number of hydrogen-bond acceptors (Lipinski definition) is 3. The van der Waals surface area contributed by atoms with Gasteiger partial charge < -0.3 is 14.7 Å². The highest BCUT2D eigenvalue weighted by atomic mass is 35.5. The van der Waals surface area contributed by atoms with E-state index >= 15 is 0 Å². The highest BCUT2D eigenvalue weighted by molar-refractivity contribution is 6.30. The van der Waals surface area contributed by atoms with E-state index in [0.717, 1.165) is 22.4 Å². The first-order valence-electron chi connectivity index (χ1n) is 9.26. The fourth-order valence-electron chi connectivity index (χ4n) is 3.65. The van der Waals surface area contributed by atoms with Crippen LogP contribution in [0.1, 0.15) is 22.7 Å². The first-order valence-corrected chi connectivity index (χ1v) is 9.64. The molecule has 3 aromatic rings. The van der Waals surface area contributed by atoms with Gasteiger partial charge in [-0.05, 0) is 41.0 Å². The molecular formula is C24H20ClNO3. The van der Waals surface area contributed by atoms with Crippen LogP contribution in [0.15, 0.2) is 84.6 Å². The van der Waals surface area contributed by atoms with Crippen molar-refractivity contribution in [2.45, 2.75) is 12.6 Å². The fourth-order valence-corrected chi connectivity index (χ4v) is 3.78. The van der Waals surface area contributed by atoms with Crippen LogP contribution in [-0.2, 0) is 11.3 Å². The van der Waals surface area contributed by atoms with Gasteiger partial charge in [0, 0.05) is 17.1 Å². The topological polar surface area (TPSA) is 49.8 Å². The Morgan fingerprint density at radius 3 is 2.24 bits per heavy atom. The number of rotatable bonds is 5. The van der Waals surface area contributed by atoms with Crippen LogP contribution in [0.25, 0.3) is 5.57 Å². The highest BCUT2D eigenvalue weighted by Gasteiger charge is 2.40. The van der Waals surface area contributed by atoms with Crippen molar-refractivity contribution in [3.63, 3.8) is 0 Å². The van der Waals surface area contributed by atoms with Crippen LogP contribution < -0.4 is 4.74 Å². The van der Waals surface area contributed by atoms with E-state index in [0.29, 0.717) is 17.1 Å². The number of methoxy groups -OCH3 is 1. The Hall–Kier alpha value is -3.24. The molecule has 0 saturated carbocycles. The largest absolute Gasteiger partial charge is 0.503 e. The molecule has 1 aliphatic rings. The Bertz CT molecular complexity index is 1040. The van der Waals surface area contributed by atoms with Crippen LogP contribution >= 0.6 is 11.6 Å². The number of amides is 1. The molecule has 0 aromatic heterocycles. The van der Waals surface area contributed by atoms with Crippen molar-refractivity contribution >= 4 is 23.1 Å². The van der Waals surface area contributed by atoms with E-state index in [1.807, 2.05) is 66.7 Å². The Morgan fingerprint density at radius 2 is 1.62 bits per heavy atom. The molecule has 1 aliphatic heterocycles. The van der Waals surface area contributed by atoms with E-state index in [-0.39, 0.29) is 11.7 Å². The van der Waals surface area contributed by atoms with Crippen LogP contribution in [0.2, 0.25) is 5.02 Å². The van der Waals surface area contributed by atoms with E-state index in [9.17, 15) is 9.90 Å². The lowest BCUT2D eigenvalue weighted by molar-refractivity contribution is -0.130. The normalized spacial score (nSPS) is 16.4. The summed E-state index contributed by atoms with van der Waals surface area (Å²) in [5.41, 5.74) is 3.24. The molecule has 0 fully saturated rings. The Kier molecular flexibility index (Phi) is 5.28. The summed E-state index contributed by atoms with van der Waals surface area (Å²) >= 11 is 6.03. The predicted octanol–water partition coefficient (Wildman–Crippen LogP) is 5.40. The molecule has 0 radical (unpaired) electrons. The quantitative estimate of drug-likeness (QED) is 0.618. The molecule has 4 rings (SSSR count). The maximum atomic E-state index is 13.0. The number of aliphatic hydroxyl groups excluding tert-OH is 1. The number of carbonyl (C=O) groups excluding carboxylic acids is 1. The zero-order chi connectivity index (χ0) is 20.4. The molecule has 1 N–H and O–H groups in total. The first-order chi connectivity index (χ1) is 14.1. The lowest BCUT2D eigenvalue weighted by Crippen LogP contribution is -2.29. The van der Waals surface area contributed by atoms with Gasteiger partial charge in [-0.2, -0.15) is 0 Å². The minimum atomic E-state index is -0.396. The molecule has 1 heterocycles. The van der Waals surface area contributed by atoms with E-state index in [2.05, 4.69) is 0 Å². The summed E-state index contributed by atoms with van der Waals surface area (Å²) < 4.78 is 5.21. The van der Waals surface area contributed by atoms with Gasteiger partial charge in [0.05, 0.1) is 13.2 Å². The second kappa shape index (κ2) is 8.02. The molecule has 0 bridgehead atoms. The van der Waals surface area contributed by atoms with Crippen molar-refractivity contribution < 1.29 is 14.6 Å².